The second-order valence-electron chi connectivity index (χ2n) is 20.3. The molecule has 424 valence electrons. The van der Waals surface area contributed by atoms with Crippen molar-refractivity contribution < 1.29 is 62.7 Å². The molecular weight excluding hydrogens is 935 g/mol. The molecule has 0 bridgehead atoms. The van der Waals surface area contributed by atoms with Crippen molar-refractivity contribution in [1.29, 1.82) is 0 Å². The Morgan fingerprint density at radius 2 is 0.819 bits per heavy atom. The van der Waals surface area contributed by atoms with Crippen molar-refractivity contribution in [3.63, 3.8) is 0 Å². The van der Waals surface area contributed by atoms with E-state index in [1.165, 1.54) is 142 Å². The Balaban J connectivity index is 0.00000272. The second-order valence-corrected chi connectivity index (χ2v) is 20.3. The summed E-state index contributed by atoms with van der Waals surface area (Å²) in [5.74, 6) is 1.90. The highest BCUT2D eigenvalue weighted by atomic mass is 32.1. The van der Waals surface area contributed by atoms with Crippen LogP contribution >= 0.6 is 13.5 Å². The molecule has 2 atom stereocenters. The summed E-state index contributed by atoms with van der Waals surface area (Å²) in [7, 11) is 1.52. The van der Waals surface area contributed by atoms with Crippen molar-refractivity contribution in [3.8, 4) is 0 Å². The number of quaternary nitrogens is 1. The van der Waals surface area contributed by atoms with Crippen LogP contribution in [0.1, 0.15) is 252 Å². The van der Waals surface area contributed by atoms with E-state index in [2.05, 4.69) is 5.32 Å². The second kappa shape index (κ2) is 50.9. The normalized spacial score (nSPS) is 17.4. The van der Waals surface area contributed by atoms with Crippen molar-refractivity contribution in [2.24, 2.45) is 23.7 Å². The van der Waals surface area contributed by atoms with Crippen molar-refractivity contribution in [2.75, 3.05) is 53.2 Å². The van der Waals surface area contributed by atoms with Gasteiger partial charge in [0.25, 0.3) is 0 Å². The summed E-state index contributed by atoms with van der Waals surface area (Å²) >= 11 is 0. The Hall–Kier alpha value is -2.26. The fourth-order valence-corrected chi connectivity index (χ4v) is 10.4. The summed E-state index contributed by atoms with van der Waals surface area (Å²) in [5, 5.41) is 2.05. The molecule has 4 fully saturated rings. The van der Waals surface area contributed by atoms with Gasteiger partial charge in [0, 0.05) is 39.2 Å². The van der Waals surface area contributed by atoms with Crippen molar-refractivity contribution >= 4 is 43.7 Å². The molecule has 72 heavy (non-hydrogen) atoms. The topological polar surface area (TPSA) is 167 Å². The highest BCUT2D eigenvalue weighted by Crippen LogP contribution is 2.30. The molecule has 2 N–H and O–H groups in total. The number of ether oxygens (including phenoxy) is 5. The van der Waals surface area contributed by atoms with Gasteiger partial charge in [0.05, 0.1) is 39.1 Å². The number of hydrogen-bond donors (Lipinski definition) is 1. The first-order valence-corrected chi connectivity index (χ1v) is 29.5. The zero-order chi connectivity index (χ0) is 51.8. The van der Waals surface area contributed by atoms with Crippen LogP contribution in [0.2, 0.25) is 0 Å². The van der Waals surface area contributed by atoms with Gasteiger partial charge < -0.3 is 33.8 Å². The number of unbranched alkanes of at least 4 members (excludes halogenated alkanes) is 1. The fraction of sp³-hybridized carbons (Fsp3) is 0.914. The SMILES string of the molecule is CC.CC.COCC(COC(=O)CCCC1CCCCC1)OC(=O)CCC[NH2+]CCCC(=O)OC(COOCCCC1CCCCC1)COC(=O)CCCC1CCCCC1.O=CCCCC1CCCCC1.S. The van der Waals surface area contributed by atoms with Gasteiger partial charge in [0.2, 0.25) is 0 Å². The van der Waals surface area contributed by atoms with Crippen LogP contribution in [0.3, 0.4) is 0 Å². The Morgan fingerprint density at radius 1 is 0.458 bits per heavy atom. The highest BCUT2D eigenvalue weighted by molar-refractivity contribution is 7.59. The number of rotatable bonds is 35. The van der Waals surface area contributed by atoms with Crippen LogP contribution in [0.25, 0.3) is 0 Å². The maximum atomic E-state index is 12.7. The summed E-state index contributed by atoms with van der Waals surface area (Å²) in [4.78, 5) is 70.8. The van der Waals surface area contributed by atoms with E-state index >= 15 is 0 Å². The summed E-state index contributed by atoms with van der Waals surface area (Å²) in [5.41, 5.74) is 0. The molecule has 4 rings (SSSR count). The molecular formula is C58H110NO12S+. The zero-order valence-corrected chi connectivity index (χ0v) is 47.7. The Bertz CT molecular complexity index is 1270. The van der Waals surface area contributed by atoms with E-state index in [-0.39, 0.29) is 76.6 Å². The summed E-state index contributed by atoms with van der Waals surface area (Å²) in [6.07, 6.45) is 37.6. The Morgan fingerprint density at radius 3 is 1.21 bits per heavy atom. The van der Waals surface area contributed by atoms with E-state index in [1.54, 1.807) is 0 Å². The van der Waals surface area contributed by atoms with Gasteiger partial charge >= 0.3 is 23.9 Å². The molecule has 0 amide bonds. The molecule has 4 saturated carbocycles. The third kappa shape index (κ3) is 40.1. The maximum absolute atomic E-state index is 12.7. The number of methoxy groups -OCH3 is 1. The van der Waals surface area contributed by atoms with Crippen LogP contribution < -0.4 is 5.32 Å². The van der Waals surface area contributed by atoms with E-state index in [0.717, 1.165) is 81.3 Å². The van der Waals surface area contributed by atoms with Crippen LogP contribution in [0.15, 0.2) is 0 Å². The monoisotopic (exact) mass is 1040 g/mol. The van der Waals surface area contributed by atoms with Gasteiger partial charge in [-0.2, -0.15) is 13.5 Å². The number of esters is 4. The summed E-state index contributed by atoms with van der Waals surface area (Å²) in [6, 6.07) is 0. The van der Waals surface area contributed by atoms with E-state index in [9.17, 15) is 24.0 Å². The van der Waals surface area contributed by atoms with Gasteiger partial charge in [-0.1, -0.05) is 163 Å². The van der Waals surface area contributed by atoms with Crippen molar-refractivity contribution in [1.82, 2.24) is 0 Å². The molecule has 0 aliphatic heterocycles. The minimum absolute atomic E-state index is 0. The minimum Gasteiger partial charge on any atom is -0.462 e. The fourth-order valence-electron chi connectivity index (χ4n) is 10.4. The van der Waals surface area contributed by atoms with Crippen LogP contribution in [0, 0.1) is 23.7 Å². The average molecular weight is 1050 g/mol. The first-order chi connectivity index (χ1) is 34.8. The summed E-state index contributed by atoms with van der Waals surface area (Å²) in [6.45, 7) is 9.96. The molecule has 0 saturated heterocycles. The van der Waals surface area contributed by atoms with E-state index in [4.69, 9.17) is 33.5 Å². The number of carbonyl (C=O) groups is 5. The van der Waals surface area contributed by atoms with Crippen LogP contribution in [-0.2, 0) is 57.4 Å². The maximum Gasteiger partial charge on any atom is 0.306 e. The third-order valence-corrected chi connectivity index (χ3v) is 14.4. The van der Waals surface area contributed by atoms with Gasteiger partial charge in [-0.15, -0.1) is 0 Å². The van der Waals surface area contributed by atoms with Crippen molar-refractivity contribution in [2.45, 2.75) is 265 Å². The predicted octanol–water partition coefficient (Wildman–Crippen LogP) is 12.6. The van der Waals surface area contributed by atoms with Crippen LogP contribution in [0.5, 0.6) is 0 Å². The quantitative estimate of drug-likeness (QED) is 0.0160. The number of hydrogen-bond acceptors (Lipinski definition) is 12. The smallest absolute Gasteiger partial charge is 0.306 e. The Labute approximate surface area is 446 Å². The highest BCUT2D eigenvalue weighted by Gasteiger charge is 2.22. The molecule has 13 nitrogen and oxygen atoms in total. The van der Waals surface area contributed by atoms with Gasteiger partial charge in [-0.25, -0.2) is 9.78 Å². The lowest BCUT2D eigenvalue weighted by atomic mass is 9.86. The third-order valence-electron chi connectivity index (χ3n) is 14.4. The average Bonchev–Trinajstić information content (AvgIpc) is 3.40. The van der Waals surface area contributed by atoms with Gasteiger partial charge in [0.1, 0.15) is 26.1 Å². The molecule has 0 radical (unpaired) electrons. The predicted molar refractivity (Wildman–Crippen MR) is 292 cm³/mol. The van der Waals surface area contributed by atoms with Crippen LogP contribution in [-0.4, -0.2) is 95.6 Å². The molecule has 4 aliphatic carbocycles. The molecule has 0 spiro atoms. The zero-order valence-electron chi connectivity index (χ0n) is 46.7. The number of carbonyl (C=O) groups excluding carboxylic acids is 5. The van der Waals surface area contributed by atoms with E-state index < -0.39 is 12.2 Å². The van der Waals surface area contributed by atoms with Crippen molar-refractivity contribution in [3.05, 3.63) is 0 Å². The largest absolute Gasteiger partial charge is 0.462 e. The summed E-state index contributed by atoms with van der Waals surface area (Å²) < 4.78 is 27.3. The molecule has 0 heterocycles. The molecule has 0 aromatic rings. The first-order valence-electron chi connectivity index (χ1n) is 29.5. The standard InChI is InChI=1S/C44H77NO11.C10H18O.2C2H6.H2S/c1-50-32-39(33-51-41(46)25-11-22-36-16-5-2-6-17-36)55-43(48)27-13-29-45-30-14-28-44(49)56-40(35-54-53-31-15-24-38-20-9-4-10-21-38)34-52-42(47)26-12-23-37-18-7-3-8-19-37;11-9-5-4-8-10-6-2-1-3-7-10;2*1-2;/h36-40,45H,2-35H2,1H3;9-10H,1-8H2;2*1-2H3;1H2/p+1. The molecule has 4 aliphatic rings. The van der Waals surface area contributed by atoms with E-state index in [0.29, 0.717) is 45.4 Å². The molecule has 2 unspecified atom stereocenters. The first kappa shape index (κ1) is 69.7. The Kier molecular flexibility index (Phi) is 49.3. The lowest BCUT2D eigenvalue weighted by molar-refractivity contribution is -0.655. The van der Waals surface area contributed by atoms with Gasteiger partial charge in [-0.05, 0) is 68.6 Å². The van der Waals surface area contributed by atoms with Crippen LogP contribution in [0.4, 0.5) is 0 Å². The van der Waals surface area contributed by atoms with Gasteiger partial charge in [0.15, 0.2) is 12.2 Å². The van der Waals surface area contributed by atoms with E-state index in [1.807, 2.05) is 27.7 Å². The van der Waals surface area contributed by atoms with Gasteiger partial charge in [-0.3, -0.25) is 19.2 Å². The number of nitrogens with two attached hydrogens (primary N) is 1. The lowest BCUT2D eigenvalue weighted by Crippen LogP contribution is -2.84. The lowest BCUT2D eigenvalue weighted by Gasteiger charge is -2.21. The molecule has 14 heteroatoms. The molecule has 0 aromatic carbocycles. The minimum atomic E-state index is -0.741. The molecule has 0 aromatic heterocycles. The number of aldehydes is 1.